The highest BCUT2D eigenvalue weighted by Crippen LogP contribution is 2.28. The van der Waals surface area contributed by atoms with E-state index < -0.39 is 6.10 Å². The Morgan fingerprint density at radius 3 is 2.65 bits per heavy atom. The lowest BCUT2D eigenvalue weighted by atomic mass is 10.1. The van der Waals surface area contributed by atoms with Crippen molar-refractivity contribution in [3.05, 3.63) is 59.7 Å². The third-order valence-electron chi connectivity index (χ3n) is 3.32. The number of anilines is 1. The molecule has 1 aliphatic rings. The van der Waals surface area contributed by atoms with Crippen LogP contribution in [0.15, 0.2) is 48.5 Å². The van der Waals surface area contributed by atoms with E-state index in [0.717, 1.165) is 22.6 Å². The van der Waals surface area contributed by atoms with E-state index in [2.05, 4.69) is 5.32 Å². The number of rotatable bonds is 3. The van der Waals surface area contributed by atoms with Gasteiger partial charge in [0, 0.05) is 18.0 Å². The van der Waals surface area contributed by atoms with Gasteiger partial charge in [-0.05, 0) is 29.3 Å². The molecule has 0 bridgehead atoms. The van der Waals surface area contributed by atoms with Gasteiger partial charge >= 0.3 is 0 Å². The molecular formula is C16H14ClNO2. The average molecular weight is 288 g/mol. The minimum Gasteiger partial charge on any atom is -0.480 e. The molecule has 102 valence electrons. The maximum atomic E-state index is 12.2. The van der Waals surface area contributed by atoms with Crippen LogP contribution in [0.2, 0.25) is 0 Å². The van der Waals surface area contributed by atoms with E-state index in [4.69, 9.17) is 16.3 Å². The molecule has 20 heavy (non-hydrogen) atoms. The molecule has 2 aromatic rings. The van der Waals surface area contributed by atoms with E-state index in [1.807, 2.05) is 48.5 Å². The van der Waals surface area contributed by atoms with Crippen LogP contribution in [0.25, 0.3) is 0 Å². The van der Waals surface area contributed by atoms with E-state index in [9.17, 15) is 4.79 Å². The number of amides is 1. The molecule has 0 aromatic heterocycles. The first-order valence-electron chi connectivity index (χ1n) is 6.46. The van der Waals surface area contributed by atoms with Crippen LogP contribution in [-0.2, 0) is 17.1 Å². The van der Waals surface area contributed by atoms with Gasteiger partial charge in [-0.3, -0.25) is 4.79 Å². The van der Waals surface area contributed by atoms with Crippen LogP contribution in [0, 0.1) is 0 Å². The molecule has 3 nitrogen and oxygen atoms in total. The first kappa shape index (κ1) is 13.0. The number of ether oxygens (including phenoxy) is 1. The average Bonchev–Trinajstić information content (AvgIpc) is 2.92. The highest BCUT2D eigenvalue weighted by molar-refractivity contribution is 6.17. The van der Waals surface area contributed by atoms with Crippen molar-refractivity contribution in [2.75, 3.05) is 5.32 Å². The zero-order chi connectivity index (χ0) is 13.9. The molecule has 1 amide bonds. The van der Waals surface area contributed by atoms with E-state index >= 15 is 0 Å². The number of benzene rings is 2. The Hall–Kier alpha value is -2.00. The summed E-state index contributed by atoms with van der Waals surface area (Å²) < 4.78 is 5.65. The van der Waals surface area contributed by atoms with Crippen LogP contribution in [0.1, 0.15) is 11.1 Å². The summed E-state index contributed by atoms with van der Waals surface area (Å²) >= 11 is 5.73. The largest absolute Gasteiger partial charge is 0.480 e. The molecule has 0 aliphatic carbocycles. The molecule has 3 rings (SSSR count). The molecule has 0 saturated heterocycles. The minimum absolute atomic E-state index is 0.125. The predicted molar refractivity (Wildman–Crippen MR) is 79.2 cm³/mol. The normalized spacial score (nSPS) is 16.4. The molecule has 1 atom stereocenters. The Morgan fingerprint density at radius 1 is 1.20 bits per heavy atom. The predicted octanol–water partition coefficient (Wildman–Crippen LogP) is 3.37. The van der Waals surface area contributed by atoms with Crippen LogP contribution in [0.4, 0.5) is 5.69 Å². The van der Waals surface area contributed by atoms with E-state index in [1.165, 1.54) is 0 Å². The van der Waals surface area contributed by atoms with Gasteiger partial charge in [-0.1, -0.05) is 30.3 Å². The summed E-state index contributed by atoms with van der Waals surface area (Å²) in [6.45, 7) is 0. The molecule has 1 aliphatic heterocycles. The third kappa shape index (κ3) is 2.63. The van der Waals surface area contributed by atoms with Gasteiger partial charge in [0.1, 0.15) is 5.75 Å². The van der Waals surface area contributed by atoms with Crippen molar-refractivity contribution in [2.45, 2.75) is 18.4 Å². The maximum Gasteiger partial charge on any atom is 0.265 e. The molecule has 0 spiro atoms. The van der Waals surface area contributed by atoms with Crippen LogP contribution in [0.5, 0.6) is 5.75 Å². The summed E-state index contributed by atoms with van der Waals surface area (Å²) in [6, 6.07) is 15.2. The number of alkyl halides is 1. The van der Waals surface area contributed by atoms with Crippen molar-refractivity contribution in [1.29, 1.82) is 0 Å². The standard InChI is InChI=1S/C16H14ClNO2/c17-10-11-5-7-13(8-6-11)18-16(19)15-9-12-3-1-2-4-14(12)20-15/h1-8,15H,9-10H2,(H,18,19). The fraction of sp³-hybridized carbons (Fsp3) is 0.188. The summed E-state index contributed by atoms with van der Waals surface area (Å²) in [6.07, 6.45) is 0.155. The van der Waals surface area contributed by atoms with Crippen molar-refractivity contribution in [3.8, 4) is 5.75 Å². The number of para-hydroxylation sites is 1. The third-order valence-corrected chi connectivity index (χ3v) is 3.62. The van der Waals surface area contributed by atoms with E-state index in [-0.39, 0.29) is 5.91 Å². The van der Waals surface area contributed by atoms with Crippen LogP contribution >= 0.6 is 11.6 Å². The molecule has 4 heteroatoms. The van der Waals surface area contributed by atoms with Gasteiger partial charge in [-0.2, -0.15) is 0 Å². The van der Waals surface area contributed by atoms with Crippen LogP contribution < -0.4 is 10.1 Å². The van der Waals surface area contributed by atoms with Gasteiger partial charge in [0.15, 0.2) is 6.10 Å². The van der Waals surface area contributed by atoms with Gasteiger partial charge in [0.2, 0.25) is 0 Å². The second-order valence-corrected chi connectivity index (χ2v) is 5.01. The molecule has 0 fully saturated rings. The van der Waals surface area contributed by atoms with Crippen molar-refractivity contribution >= 4 is 23.2 Å². The van der Waals surface area contributed by atoms with Crippen molar-refractivity contribution in [1.82, 2.24) is 0 Å². The Balaban J connectivity index is 1.66. The summed E-state index contributed by atoms with van der Waals surface area (Å²) in [5.41, 5.74) is 2.85. The number of hydrogen-bond donors (Lipinski definition) is 1. The van der Waals surface area contributed by atoms with E-state index in [1.54, 1.807) is 0 Å². The molecule has 0 saturated carbocycles. The molecule has 0 radical (unpaired) electrons. The highest BCUT2D eigenvalue weighted by Gasteiger charge is 2.28. The molecule has 2 aromatic carbocycles. The van der Waals surface area contributed by atoms with Gasteiger partial charge in [0.25, 0.3) is 5.91 Å². The SMILES string of the molecule is O=C(Nc1ccc(CCl)cc1)C1Cc2ccccc2O1. The van der Waals surface area contributed by atoms with Gasteiger partial charge < -0.3 is 10.1 Å². The molecule has 1 N–H and O–H groups in total. The van der Waals surface area contributed by atoms with Crippen molar-refractivity contribution < 1.29 is 9.53 Å². The Labute approximate surface area is 122 Å². The monoisotopic (exact) mass is 287 g/mol. The summed E-state index contributed by atoms with van der Waals surface area (Å²) in [4.78, 5) is 12.2. The zero-order valence-electron chi connectivity index (χ0n) is 10.8. The van der Waals surface area contributed by atoms with E-state index in [0.29, 0.717) is 12.3 Å². The maximum absolute atomic E-state index is 12.2. The quantitative estimate of drug-likeness (QED) is 0.879. The number of halogens is 1. The number of fused-ring (bicyclic) bond motifs is 1. The van der Waals surface area contributed by atoms with Gasteiger partial charge in [-0.15, -0.1) is 11.6 Å². The first-order valence-corrected chi connectivity index (χ1v) is 7.00. The number of nitrogens with one attached hydrogen (secondary N) is 1. The first-order chi connectivity index (χ1) is 9.76. The lowest BCUT2D eigenvalue weighted by molar-refractivity contribution is -0.122. The summed E-state index contributed by atoms with van der Waals surface area (Å²) in [5.74, 6) is 1.14. The Morgan fingerprint density at radius 2 is 1.95 bits per heavy atom. The zero-order valence-corrected chi connectivity index (χ0v) is 11.6. The summed E-state index contributed by atoms with van der Waals surface area (Å²) in [7, 11) is 0. The highest BCUT2D eigenvalue weighted by atomic mass is 35.5. The smallest absolute Gasteiger partial charge is 0.265 e. The fourth-order valence-electron chi connectivity index (χ4n) is 2.23. The second-order valence-electron chi connectivity index (χ2n) is 4.74. The van der Waals surface area contributed by atoms with Crippen LogP contribution in [-0.4, -0.2) is 12.0 Å². The van der Waals surface area contributed by atoms with Crippen LogP contribution in [0.3, 0.4) is 0 Å². The fourth-order valence-corrected chi connectivity index (χ4v) is 2.41. The number of carbonyl (C=O) groups is 1. The molecular weight excluding hydrogens is 274 g/mol. The topological polar surface area (TPSA) is 38.3 Å². The lowest BCUT2D eigenvalue weighted by Crippen LogP contribution is -2.31. The second kappa shape index (κ2) is 5.55. The van der Waals surface area contributed by atoms with Crippen molar-refractivity contribution in [2.24, 2.45) is 0 Å². The minimum atomic E-state index is -0.458. The van der Waals surface area contributed by atoms with Gasteiger partial charge in [0.05, 0.1) is 0 Å². The Kier molecular flexibility index (Phi) is 3.61. The lowest BCUT2D eigenvalue weighted by Gasteiger charge is -2.11. The summed E-state index contributed by atoms with van der Waals surface area (Å²) in [5, 5.41) is 2.86. The molecule has 1 heterocycles. The Bertz CT molecular complexity index is 600. The number of carbonyl (C=O) groups excluding carboxylic acids is 1. The number of hydrogen-bond acceptors (Lipinski definition) is 2. The molecule has 1 unspecified atom stereocenters. The van der Waals surface area contributed by atoms with Gasteiger partial charge in [-0.25, -0.2) is 0 Å². The van der Waals surface area contributed by atoms with Crippen molar-refractivity contribution in [3.63, 3.8) is 0 Å².